The molecule has 0 fully saturated rings. The Morgan fingerprint density at radius 1 is 1.40 bits per heavy atom. The van der Waals surface area contributed by atoms with E-state index in [-0.39, 0.29) is 0 Å². The molecule has 0 heterocycles. The second-order valence-electron chi connectivity index (χ2n) is 2.09. The second kappa shape index (κ2) is 3.81. The van der Waals surface area contributed by atoms with Crippen LogP contribution >= 0.6 is 0 Å². The lowest BCUT2D eigenvalue weighted by molar-refractivity contribution is -0.157. The van der Waals surface area contributed by atoms with Gasteiger partial charge in [-0.3, -0.25) is 0 Å². The fourth-order valence-corrected chi connectivity index (χ4v) is 0.652. The predicted octanol–water partition coefficient (Wildman–Crippen LogP) is 2.36. The predicted molar refractivity (Wildman–Crippen MR) is 31.8 cm³/mol. The Bertz CT molecular complexity index is 85.5. The first kappa shape index (κ1) is 9.75. The number of methoxy groups -OCH3 is 1. The van der Waals surface area contributed by atoms with Gasteiger partial charge in [-0.05, 0) is 6.42 Å². The van der Waals surface area contributed by atoms with Crippen molar-refractivity contribution >= 4 is 0 Å². The normalized spacial score (nSPS) is 15.3. The molecule has 0 amide bonds. The zero-order valence-electron chi connectivity index (χ0n) is 6.03. The molecule has 0 rings (SSSR count). The minimum Gasteiger partial charge on any atom is -0.381 e. The zero-order valence-corrected chi connectivity index (χ0v) is 6.03. The maximum absolute atomic E-state index is 11.6. The topological polar surface area (TPSA) is 9.23 Å². The molecule has 0 aromatic heterocycles. The first-order valence-electron chi connectivity index (χ1n) is 3.09. The molecule has 1 unspecified atom stereocenters. The highest BCUT2D eigenvalue weighted by Gasteiger charge is 2.30. The van der Waals surface area contributed by atoms with Crippen LogP contribution in [0.4, 0.5) is 13.2 Å². The number of halogens is 3. The van der Waals surface area contributed by atoms with Crippen molar-refractivity contribution in [1.82, 2.24) is 0 Å². The van der Waals surface area contributed by atoms with E-state index in [9.17, 15) is 13.2 Å². The highest BCUT2D eigenvalue weighted by molar-refractivity contribution is 4.60. The van der Waals surface area contributed by atoms with Gasteiger partial charge in [-0.1, -0.05) is 6.92 Å². The van der Waals surface area contributed by atoms with Crippen LogP contribution in [0.3, 0.4) is 0 Å². The van der Waals surface area contributed by atoms with Crippen LogP contribution in [0.1, 0.15) is 19.8 Å². The van der Waals surface area contributed by atoms with E-state index in [1.54, 1.807) is 6.92 Å². The Labute approximate surface area is 58.2 Å². The summed E-state index contributed by atoms with van der Waals surface area (Å²) < 4.78 is 39.4. The Morgan fingerprint density at radius 3 is 2.00 bits per heavy atom. The van der Waals surface area contributed by atoms with Crippen molar-refractivity contribution in [2.24, 2.45) is 0 Å². The average Bonchev–Trinajstić information content (AvgIpc) is 1.81. The number of hydrogen-bond donors (Lipinski definition) is 0. The van der Waals surface area contributed by atoms with Crippen LogP contribution in [-0.4, -0.2) is 19.4 Å². The van der Waals surface area contributed by atoms with E-state index < -0.39 is 18.7 Å². The minimum absolute atomic E-state index is 0.399. The van der Waals surface area contributed by atoms with Crippen molar-refractivity contribution in [2.75, 3.05) is 7.11 Å². The molecule has 0 aromatic rings. The van der Waals surface area contributed by atoms with Gasteiger partial charge in [0.2, 0.25) is 0 Å². The zero-order chi connectivity index (χ0) is 8.20. The van der Waals surface area contributed by atoms with Gasteiger partial charge in [0.05, 0.1) is 12.5 Å². The van der Waals surface area contributed by atoms with E-state index in [2.05, 4.69) is 4.74 Å². The summed E-state index contributed by atoms with van der Waals surface area (Å²) in [6, 6.07) is 0. The molecule has 0 aliphatic rings. The van der Waals surface area contributed by atoms with Crippen molar-refractivity contribution in [3.05, 3.63) is 0 Å². The van der Waals surface area contributed by atoms with E-state index in [0.29, 0.717) is 6.42 Å². The van der Waals surface area contributed by atoms with Gasteiger partial charge < -0.3 is 4.74 Å². The minimum atomic E-state index is -4.10. The highest BCUT2D eigenvalue weighted by atomic mass is 19.4. The molecule has 62 valence electrons. The molecule has 0 saturated carbocycles. The largest absolute Gasteiger partial charge is 0.391 e. The van der Waals surface area contributed by atoms with Crippen LogP contribution in [0.5, 0.6) is 0 Å². The summed E-state index contributed by atoms with van der Waals surface area (Å²) in [5.74, 6) is 0. The summed E-state index contributed by atoms with van der Waals surface area (Å²) in [7, 11) is 1.29. The van der Waals surface area contributed by atoms with Crippen molar-refractivity contribution < 1.29 is 17.9 Å². The number of rotatable bonds is 3. The average molecular weight is 156 g/mol. The molecule has 0 saturated heterocycles. The molecular formula is C6H11F3O. The standard InChI is InChI=1S/C6H11F3O/c1-3-5(10-2)4-6(7,8)9/h5H,3-4H2,1-2H3. The molecule has 1 atom stereocenters. The molecule has 0 N–H and O–H groups in total. The van der Waals surface area contributed by atoms with Gasteiger partial charge in [0.25, 0.3) is 0 Å². The van der Waals surface area contributed by atoms with Gasteiger partial charge in [0.15, 0.2) is 0 Å². The molecular weight excluding hydrogens is 145 g/mol. The molecule has 1 nitrogen and oxygen atoms in total. The Balaban J connectivity index is 3.63. The summed E-state index contributed by atoms with van der Waals surface area (Å²) in [5.41, 5.74) is 0. The SMILES string of the molecule is CCC(CC(F)(F)F)OC. The van der Waals surface area contributed by atoms with Crippen molar-refractivity contribution in [2.45, 2.75) is 32.0 Å². The van der Waals surface area contributed by atoms with Crippen molar-refractivity contribution in [3.8, 4) is 0 Å². The van der Waals surface area contributed by atoms with Crippen LogP contribution in [0.2, 0.25) is 0 Å². The second-order valence-corrected chi connectivity index (χ2v) is 2.09. The molecule has 0 bridgehead atoms. The number of alkyl halides is 3. The Hall–Kier alpha value is -0.250. The molecule has 0 aliphatic carbocycles. The van der Waals surface area contributed by atoms with E-state index >= 15 is 0 Å². The monoisotopic (exact) mass is 156 g/mol. The third-order valence-electron chi connectivity index (χ3n) is 1.25. The van der Waals surface area contributed by atoms with Crippen LogP contribution < -0.4 is 0 Å². The van der Waals surface area contributed by atoms with E-state index in [4.69, 9.17) is 0 Å². The van der Waals surface area contributed by atoms with Gasteiger partial charge in [0, 0.05) is 7.11 Å². The summed E-state index contributed by atoms with van der Waals surface area (Å²) >= 11 is 0. The molecule has 4 heteroatoms. The van der Waals surface area contributed by atoms with Crippen LogP contribution in [0, 0.1) is 0 Å². The van der Waals surface area contributed by atoms with E-state index in [0.717, 1.165) is 0 Å². The fourth-order valence-electron chi connectivity index (χ4n) is 0.652. The van der Waals surface area contributed by atoms with Gasteiger partial charge in [0.1, 0.15) is 0 Å². The summed E-state index contributed by atoms with van der Waals surface area (Å²) in [4.78, 5) is 0. The summed E-state index contributed by atoms with van der Waals surface area (Å²) in [6.45, 7) is 1.67. The lowest BCUT2D eigenvalue weighted by atomic mass is 10.2. The van der Waals surface area contributed by atoms with Crippen molar-refractivity contribution in [1.29, 1.82) is 0 Å². The van der Waals surface area contributed by atoms with Gasteiger partial charge in [-0.15, -0.1) is 0 Å². The Kier molecular flexibility index (Phi) is 3.71. The quantitative estimate of drug-likeness (QED) is 0.609. The third-order valence-corrected chi connectivity index (χ3v) is 1.25. The smallest absolute Gasteiger partial charge is 0.381 e. The highest BCUT2D eigenvalue weighted by Crippen LogP contribution is 2.23. The lowest BCUT2D eigenvalue weighted by Crippen LogP contribution is -2.20. The molecule has 0 aliphatic heterocycles. The molecule has 0 spiro atoms. The van der Waals surface area contributed by atoms with Gasteiger partial charge in [-0.25, -0.2) is 0 Å². The van der Waals surface area contributed by atoms with E-state index in [1.807, 2.05) is 0 Å². The van der Waals surface area contributed by atoms with Crippen LogP contribution in [0.15, 0.2) is 0 Å². The maximum atomic E-state index is 11.6. The van der Waals surface area contributed by atoms with E-state index in [1.165, 1.54) is 7.11 Å². The molecule has 0 radical (unpaired) electrons. The molecule has 0 aromatic carbocycles. The first-order valence-corrected chi connectivity index (χ1v) is 3.09. The third kappa shape index (κ3) is 4.61. The fraction of sp³-hybridized carbons (Fsp3) is 1.00. The van der Waals surface area contributed by atoms with Crippen molar-refractivity contribution in [3.63, 3.8) is 0 Å². The maximum Gasteiger partial charge on any atom is 0.391 e. The number of hydrogen-bond acceptors (Lipinski definition) is 1. The molecule has 10 heavy (non-hydrogen) atoms. The Morgan fingerprint density at radius 2 is 1.90 bits per heavy atom. The van der Waals surface area contributed by atoms with Gasteiger partial charge in [-0.2, -0.15) is 13.2 Å². The summed E-state index contributed by atoms with van der Waals surface area (Å²) in [5, 5.41) is 0. The van der Waals surface area contributed by atoms with Crippen LogP contribution in [-0.2, 0) is 4.74 Å². The van der Waals surface area contributed by atoms with Crippen LogP contribution in [0.25, 0.3) is 0 Å². The lowest BCUT2D eigenvalue weighted by Gasteiger charge is -2.14. The van der Waals surface area contributed by atoms with Gasteiger partial charge >= 0.3 is 6.18 Å². The number of ether oxygens (including phenoxy) is 1. The first-order chi connectivity index (χ1) is 4.49. The summed E-state index contributed by atoms with van der Waals surface area (Å²) in [6.07, 6.45) is -5.23.